The lowest BCUT2D eigenvalue weighted by atomic mass is 9.81. The minimum atomic E-state index is -0.233. The van der Waals surface area contributed by atoms with Gasteiger partial charge >= 0.3 is 0 Å². The highest BCUT2D eigenvalue weighted by Gasteiger charge is 2.19. The largest absolute Gasteiger partial charge is 0.322 e. The predicted octanol–water partition coefficient (Wildman–Crippen LogP) is 2.90. The van der Waals surface area contributed by atoms with E-state index >= 15 is 0 Å². The zero-order valence-electron chi connectivity index (χ0n) is 10.2. The van der Waals surface area contributed by atoms with E-state index in [-0.39, 0.29) is 11.8 Å². The third-order valence-electron chi connectivity index (χ3n) is 3.64. The molecule has 0 aromatic carbocycles. The molecule has 1 saturated carbocycles. The van der Waals surface area contributed by atoms with Gasteiger partial charge in [-0.15, -0.1) is 0 Å². The van der Waals surface area contributed by atoms with Crippen molar-refractivity contribution < 1.29 is 4.79 Å². The highest BCUT2D eigenvalue weighted by molar-refractivity contribution is 5.81. The number of carbonyl (C=O) groups excluding carboxylic acids is 1. The quantitative estimate of drug-likeness (QED) is 0.760. The van der Waals surface area contributed by atoms with Crippen molar-refractivity contribution in [1.82, 2.24) is 0 Å². The third-order valence-corrected chi connectivity index (χ3v) is 3.64. The molecule has 2 atom stereocenters. The van der Waals surface area contributed by atoms with Gasteiger partial charge in [-0.2, -0.15) is 0 Å². The highest BCUT2D eigenvalue weighted by atomic mass is 16.1. The molecule has 0 aliphatic heterocycles. The Hall–Kier alpha value is -0.370. The summed E-state index contributed by atoms with van der Waals surface area (Å²) >= 11 is 0. The molecule has 1 aliphatic carbocycles. The first kappa shape index (κ1) is 12.7. The Morgan fingerprint density at radius 2 is 1.93 bits per heavy atom. The van der Waals surface area contributed by atoms with Crippen molar-refractivity contribution in [3.63, 3.8) is 0 Å². The van der Waals surface area contributed by atoms with Gasteiger partial charge in [-0.3, -0.25) is 4.79 Å². The van der Waals surface area contributed by atoms with Crippen LogP contribution in [0.15, 0.2) is 0 Å². The van der Waals surface area contributed by atoms with Gasteiger partial charge in [0.2, 0.25) is 0 Å². The second-order valence-electron chi connectivity index (χ2n) is 5.30. The van der Waals surface area contributed by atoms with E-state index in [2.05, 4.69) is 6.92 Å². The molecule has 88 valence electrons. The van der Waals surface area contributed by atoms with Crippen molar-refractivity contribution in [1.29, 1.82) is 0 Å². The van der Waals surface area contributed by atoms with Crippen LogP contribution in [-0.4, -0.2) is 11.8 Å². The highest BCUT2D eigenvalue weighted by Crippen LogP contribution is 2.30. The Balaban J connectivity index is 2.22. The van der Waals surface area contributed by atoms with Gasteiger partial charge in [-0.1, -0.05) is 39.0 Å². The molecule has 15 heavy (non-hydrogen) atoms. The van der Waals surface area contributed by atoms with Crippen molar-refractivity contribution in [3.8, 4) is 0 Å². The molecule has 0 aromatic rings. The van der Waals surface area contributed by atoms with Gasteiger partial charge in [-0.25, -0.2) is 0 Å². The number of rotatable bonds is 5. The average Bonchev–Trinajstić information content (AvgIpc) is 2.18. The second kappa shape index (κ2) is 6.26. The minimum absolute atomic E-state index is 0.130. The minimum Gasteiger partial charge on any atom is -0.322 e. The van der Waals surface area contributed by atoms with Crippen LogP contribution in [0.2, 0.25) is 0 Å². The summed E-state index contributed by atoms with van der Waals surface area (Å²) in [7, 11) is 0. The maximum Gasteiger partial charge on any atom is 0.146 e. The van der Waals surface area contributed by atoms with Crippen molar-refractivity contribution in [2.45, 2.75) is 64.8 Å². The number of Topliss-reactive ketones (excluding diaryl/α,β-unsaturated/α-hetero) is 1. The van der Waals surface area contributed by atoms with Crippen LogP contribution in [0.25, 0.3) is 0 Å². The van der Waals surface area contributed by atoms with E-state index in [4.69, 9.17) is 5.73 Å². The molecule has 2 unspecified atom stereocenters. The molecule has 0 amide bonds. The van der Waals surface area contributed by atoms with Gasteiger partial charge in [-0.05, 0) is 31.6 Å². The van der Waals surface area contributed by atoms with Gasteiger partial charge in [0.25, 0.3) is 0 Å². The Kier molecular flexibility index (Phi) is 5.30. The van der Waals surface area contributed by atoms with Crippen molar-refractivity contribution in [3.05, 3.63) is 0 Å². The monoisotopic (exact) mass is 211 g/mol. The topological polar surface area (TPSA) is 43.1 Å². The van der Waals surface area contributed by atoms with Crippen LogP contribution in [0.5, 0.6) is 0 Å². The number of nitrogens with two attached hydrogens (primary N) is 1. The van der Waals surface area contributed by atoms with Crippen molar-refractivity contribution in [2.24, 2.45) is 17.6 Å². The summed E-state index contributed by atoms with van der Waals surface area (Å²) in [6, 6.07) is -0.233. The first-order valence-corrected chi connectivity index (χ1v) is 6.35. The molecular formula is C13H25NO. The zero-order chi connectivity index (χ0) is 11.3. The lowest BCUT2D eigenvalue weighted by Gasteiger charge is -2.25. The van der Waals surface area contributed by atoms with E-state index in [1.54, 1.807) is 6.92 Å². The summed E-state index contributed by atoms with van der Waals surface area (Å²) in [4.78, 5) is 11.0. The van der Waals surface area contributed by atoms with Gasteiger partial charge in [0, 0.05) is 0 Å². The van der Waals surface area contributed by atoms with Crippen molar-refractivity contribution >= 4 is 5.78 Å². The Labute approximate surface area is 93.6 Å². The van der Waals surface area contributed by atoms with E-state index in [1.165, 1.54) is 38.5 Å². The molecule has 1 aliphatic rings. The summed E-state index contributed by atoms with van der Waals surface area (Å²) in [5.74, 6) is 1.63. The van der Waals surface area contributed by atoms with Crippen LogP contribution < -0.4 is 5.73 Å². The molecule has 0 spiro atoms. The van der Waals surface area contributed by atoms with Crippen LogP contribution in [-0.2, 0) is 4.79 Å². The molecule has 2 nitrogen and oxygen atoms in total. The molecule has 1 rings (SSSR count). The van der Waals surface area contributed by atoms with Gasteiger partial charge < -0.3 is 5.73 Å². The maximum absolute atomic E-state index is 11.0. The molecule has 0 aromatic heterocycles. The molecule has 2 heteroatoms. The molecule has 0 bridgehead atoms. The fourth-order valence-corrected chi connectivity index (χ4v) is 2.69. The average molecular weight is 211 g/mol. The van der Waals surface area contributed by atoms with E-state index in [0.717, 1.165) is 12.3 Å². The van der Waals surface area contributed by atoms with Gasteiger partial charge in [0.05, 0.1) is 6.04 Å². The van der Waals surface area contributed by atoms with Gasteiger partial charge in [0.15, 0.2) is 0 Å². The van der Waals surface area contributed by atoms with Crippen molar-refractivity contribution in [2.75, 3.05) is 0 Å². The third kappa shape index (κ3) is 4.78. The normalized spacial score (nSPS) is 22.3. The van der Waals surface area contributed by atoms with Crippen LogP contribution >= 0.6 is 0 Å². The Morgan fingerprint density at radius 1 is 1.33 bits per heavy atom. The Morgan fingerprint density at radius 3 is 2.47 bits per heavy atom. The molecule has 2 N–H and O–H groups in total. The summed E-state index contributed by atoms with van der Waals surface area (Å²) in [5.41, 5.74) is 5.77. The van der Waals surface area contributed by atoms with E-state index in [0.29, 0.717) is 5.92 Å². The van der Waals surface area contributed by atoms with Crippen LogP contribution in [0.4, 0.5) is 0 Å². The smallest absolute Gasteiger partial charge is 0.146 e. The lowest BCUT2D eigenvalue weighted by Crippen LogP contribution is -2.30. The maximum atomic E-state index is 11.0. The Bertz CT molecular complexity index is 197. The summed E-state index contributed by atoms with van der Waals surface area (Å²) in [5, 5.41) is 0. The number of hydrogen-bond donors (Lipinski definition) is 1. The van der Waals surface area contributed by atoms with E-state index in [1.807, 2.05) is 0 Å². The molecule has 0 heterocycles. The fourth-order valence-electron chi connectivity index (χ4n) is 2.69. The first-order valence-electron chi connectivity index (χ1n) is 6.35. The molecule has 0 radical (unpaired) electrons. The van der Waals surface area contributed by atoms with Crippen LogP contribution in [0.1, 0.15) is 58.8 Å². The number of carbonyl (C=O) groups is 1. The van der Waals surface area contributed by atoms with Gasteiger partial charge in [0.1, 0.15) is 5.78 Å². The molecule has 1 fully saturated rings. The zero-order valence-corrected chi connectivity index (χ0v) is 10.2. The summed E-state index contributed by atoms with van der Waals surface area (Å²) in [6.07, 6.45) is 9.12. The second-order valence-corrected chi connectivity index (χ2v) is 5.30. The predicted molar refractivity (Wildman–Crippen MR) is 63.6 cm³/mol. The SMILES string of the molecule is CC(=O)C(N)CC(C)CC1CCCCC1. The van der Waals surface area contributed by atoms with E-state index in [9.17, 15) is 4.79 Å². The standard InChI is InChI=1S/C13H25NO/c1-10(9-13(14)11(2)15)8-12-6-4-3-5-7-12/h10,12-13H,3-9,14H2,1-2H3. The lowest BCUT2D eigenvalue weighted by molar-refractivity contribution is -0.118. The van der Waals surface area contributed by atoms with Crippen LogP contribution in [0, 0.1) is 11.8 Å². The fraction of sp³-hybridized carbons (Fsp3) is 0.923. The number of ketones is 1. The summed E-state index contributed by atoms with van der Waals surface area (Å²) in [6.45, 7) is 3.83. The summed E-state index contributed by atoms with van der Waals surface area (Å²) < 4.78 is 0. The van der Waals surface area contributed by atoms with Crippen LogP contribution in [0.3, 0.4) is 0 Å². The number of hydrogen-bond acceptors (Lipinski definition) is 2. The molecule has 0 saturated heterocycles. The molecular weight excluding hydrogens is 186 g/mol. The first-order chi connectivity index (χ1) is 7.09. The van der Waals surface area contributed by atoms with E-state index < -0.39 is 0 Å².